The summed E-state index contributed by atoms with van der Waals surface area (Å²) in [5, 5.41) is 65.0. The quantitative estimate of drug-likeness (QED) is 0.00788. The van der Waals surface area contributed by atoms with Crippen molar-refractivity contribution in [1.82, 2.24) is 0 Å². The van der Waals surface area contributed by atoms with E-state index in [0.29, 0.717) is 41.0 Å². The van der Waals surface area contributed by atoms with E-state index in [2.05, 4.69) is 52.8 Å². The van der Waals surface area contributed by atoms with E-state index in [9.17, 15) is 26.2 Å². The number of azo groups is 2. The van der Waals surface area contributed by atoms with Crippen LogP contribution in [0.5, 0.6) is 17.2 Å². The highest BCUT2D eigenvalue weighted by atomic mass is 32.3. The number of hydrogen-bond donors (Lipinski definition) is 6. The van der Waals surface area contributed by atoms with Crippen molar-refractivity contribution in [3.8, 4) is 17.2 Å². The number of fused-ring (bicyclic) bond motifs is 1. The first-order valence-corrected chi connectivity index (χ1v) is 21.9. The minimum Gasteiger partial charge on any atom is -0.505 e. The molecule has 1 atom stereocenters. The van der Waals surface area contributed by atoms with Gasteiger partial charge in [0.05, 0.1) is 100 Å². The molecule has 0 fully saturated rings. The van der Waals surface area contributed by atoms with Crippen LogP contribution in [0.1, 0.15) is 0 Å². The van der Waals surface area contributed by atoms with E-state index in [1.807, 2.05) is 0 Å². The molecule has 4 aromatic carbocycles. The van der Waals surface area contributed by atoms with E-state index in [4.69, 9.17) is 44.8 Å². The van der Waals surface area contributed by atoms with Crippen LogP contribution in [0.25, 0.3) is 10.8 Å². The predicted molar refractivity (Wildman–Crippen MR) is 206 cm³/mol. The molecule has 0 spiro atoms. The Hall–Kier alpha value is -3.88. The zero-order chi connectivity index (χ0) is 43.9. The highest BCUT2D eigenvalue weighted by molar-refractivity contribution is 7.95. The van der Waals surface area contributed by atoms with E-state index < -0.39 is 49.4 Å². The molecule has 7 N–H and O–H groups in total. The highest BCUT2D eigenvalue weighted by Gasteiger charge is 2.22. The predicted octanol–water partition coefficient (Wildman–Crippen LogP) is 6.47. The van der Waals surface area contributed by atoms with Gasteiger partial charge in [-0.1, -0.05) is 15.1 Å². The Morgan fingerprint density at radius 1 is 0.717 bits per heavy atom. The summed E-state index contributed by atoms with van der Waals surface area (Å²) in [6.07, 6.45) is 0. The van der Waals surface area contributed by atoms with Gasteiger partial charge in [-0.15, -0.1) is 33.5 Å². The highest BCUT2D eigenvalue weighted by Crippen LogP contribution is 2.49. The van der Waals surface area contributed by atoms with Crippen LogP contribution in [-0.2, 0) is 72.8 Å². The van der Waals surface area contributed by atoms with Crippen molar-refractivity contribution in [1.29, 1.82) is 0 Å². The number of hydrogen-bond acceptors (Lipinski definition) is 28. The largest absolute Gasteiger partial charge is 0.505 e. The summed E-state index contributed by atoms with van der Waals surface area (Å²) in [4.78, 5) is 4.79. The van der Waals surface area contributed by atoms with Crippen molar-refractivity contribution in [2.75, 3.05) is 44.7 Å². The molecule has 4 rings (SSSR count). The standard InChI is InChI=1S/C28H29N5O21S6/c1-44-21-14-24(56-51-46-7-9-58(38)54-50-37)22(45-2)13-20(21)31-33-27-25(57-53-49-36)12-17-16(28(27)34)4-5-18(29)26(17)32-30-19-6-3-15(11-23(19)55-52-48-35)59(39,40)10-8-47-60(41,42)43/h3-6,11-14,34-37H,7-10,29H2,1-2H3,(H,41,42,43). The number of methoxy groups -OCH3 is 2. The Balaban J connectivity index is 1.70. The molecule has 0 bridgehead atoms. The summed E-state index contributed by atoms with van der Waals surface area (Å²) in [5.41, 5.74) is 6.06. The molecular formula is C28H29N5O21S6. The third kappa shape index (κ3) is 13.8. The van der Waals surface area contributed by atoms with Crippen LogP contribution in [0.3, 0.4) is 0 Å². The van der Waals surface area contributed by atoms with Crippen molar-refractivity contribution in [3.63, 3.8) is 0 Å². The maximum Gasteiger partial charge on any atom is 0.397 e. The number of phenolic OH excluding ortho intramolecular Hbond substituents is 1. The number of nitrogen functional groups attached to an aromatic ring is 1. The van der Waals surface area contributed by atoms with Crippen molar-refractivity contribution >= 4 is 107 Å². The molecule has 0 aromatic heterocycles. The van der Waals surface area contributed by atoms with E-state index in [1.165, 1.54) is 50.6 Å². The molecule has 0 heterocycles. The smallest absolute Gasteiger partial charge is 0.397 e. The second kappa shape index (κ2) is 23.4. The van der Waals surface area contributed by atoms with Crippen LogP contribution in [0, 0.1) is 0 Å². The third-order valence-corrected chi connectivity index (χ3v) is 11.8. The number of ether oxygens (including phenoxy) is 2. The number of benzene rings is 4. The molecular weight excluding hydrogens is 935 g/mol. The normalized spacial score (nSPS) is 12.8. The van der Waals surface area contributed by atoms with Crippen LogP contribution < -0.4 is 15.2 Å². The van der Waals surface area contributed by atoms with Gasteiger partial charge in [-0.2, -0.15) is 12.8 Å². The summed E-state index contributed by atoms with van der Waals surface area (Å²) in [6, 6.07) is 10.4. The van der Waals surface area contributed by atoms with Crippen molar-refractivity contribution in [2.24, 2.45) is 20.5 Å². The topological polar surface area (TPSA) is 363 Å². The van der Waals surface area contributed by atoms with Gasteiger partial charge in [-0.25, -0.2) is 37.5 Å². The van der Waals surface area contributed by atoms with Gasteiger partial charge in [-0.05, 0) is 36.4 Å². The fourth-order valence-corrected chi connectivity index (χ4v) is 7.92. The van der Waals surface area contributed by atoms with Crippen LogP contribution >= 0.6 is 36.1 Å². The maximum atomic E-state index is 12.8. The summed E-state index contributed by atoms with van der Waals surface area (Å²) >= 11 is -0.584. The lowest BCUT2D eigenvalue weighted by Crippen LogP contribution is -2.15. The lowest BCUT2D eigenvalue weighted by Gasteiger charge is -2.13. The zero-order valence-electron chi connectivity index (χ0n) is 30.0. The Morgan fingerprint density at radius 3 is 2.05 bits per heavy atom. The Kier molecular flexibility index (Phi) is 19.0. The van der Waals surface area contributed by atoms with Crippen molar-refractivity contribution < 1.29 is 97.5 Å². The lowest BCUT2D eigenvalue weighted by atomic mass is 10.1. The SMILES string of the molecule is COc1cc(SOOCCS(=O)OOO)c(OC)cc1N=Nc1c(SOOO)cc2c(N=Nc3ccc(S(=O)(=O)CCOS(=O)(=O)O)cc3SOOO)c(N)ccc2c1O. The molecule has 60 heavy (non-hydrogen) atoms. The number of sulfone groups is 1. The Bertz CT molecular complexity index is 2430. The minimum absolute atomic E-state index is 0.0161. The van der Waals surface area contributed by atoms with Gasteiger partial charge < -0.3 is 20.3 Å². The number of aromatic hydroxyl groups is 1. The molecule has 26 nitrogen and oxygen atoms in total. The first-order chi connectivity index (χ1) is 28.7. The van der Waals surface area contributed by atoms with E-state index in [-0.39, 0.29) is 77.8 Å². The number of phenols is 1. The van der Waals surface area contributed by atoms with Gasteiger partial charge in [0.2, 0.25) is 0 Å². The molecule has 1 unspecified atom stereocenters. The maximum absolute atomic E-state index is 12.8. The van der Waals surface area contributed by atoms with Crippen molar-refractivity contribution in [3.05, 3.63) is 48.5 Å². The summed E-state index contributed by atoms with van der Waals surface area (Å²) in [7, 11) is -6.42. The van der Waals surface area contributed by atoms with Gasteiger partial charge in [0.25, 0.3) is 0 Å². The van der Waals surface area contributed by atoms with Gasteiger partial charge in [-0.3, -0.25) is 4.55 Å². The van der Waals surface area contributed by atoms with Gasteiger partial charge in [0.15, 0.2) is 26.7 Å². The van der Waals surface area contributed by atoms with Crippen molar-refractivity contribution in [2.45, 2.75) is 19.6 Å². The molecule has 0 saturated heterocycles. The first-order valence-electron chi connectivity index (χ1n) is 15.4. The molecule has 0 aliphatic rings. The summed E-state index contributed by atoms with van der Waals surface area (Å²) < 4.78 is 100. The van der Waals surface area contributed by atoms with Crippen LogP contribution in [0.15, 0.2) is 88.6 Å². The molecule has 0 aliphatic carbocycles. The summed E-state index contributed by atoms with van der Waals surface area (Å²) in [6.45, 7) is -1.11. The molecule has 4 aromatic rings. The average Bonchev–Trinajstić information content (AvgIpc) is 3.21. The van der Waals surface area contributed by atoms with E-state index >= 15 is 0 Å². The average molecular weight is 964 g/mol. The number of rotatable bonds is 25. The monoisotopic (exact) mass is 963 g/mol. The second-order valence-electron chi connectivity index (χ2n) is 10.5. The van der Waals surface area contributed by atoms with Crippen LogP contribution in [0.4, 0.5) is 28.4 Å². The van der Waals surface area contributed by atoms with Gasteiger partial charge in [0, 0.05) is 22.9 Å². The van der Waals surface area contributed by atoms with Gasteiger partial charge >= 0.3 is 10.4 Å². The zero-order valence-corrected chi connectivity index (χ0v) is 34.9. The molecule has 0 saturated carbocycles. The molecule has 0 aliphatic heterocycles. The molecule has 0 radical (unpaired) electrons. The van der Waals surface area contributed by atoms with E-state index in [1.54, 1.807) is 0 Å². The first kappa shape index (κ1) is 48.8. The summed E-state index contributed by atoms with van der Waals surface area (Å²) in [5.74, 6) is -1.20. The number of nitrogens with zero attached hydrogens (tertiary/aromatic N) is 4. The van der Waals surface area contributed by atoms with Gasteiger partial charge in [0.1, 0.15) is 34.2 Å². The van der Waals surface area contributed by atoms with Crippen LogP contribution in [0.2, 0.25) is 0 Å². The fraction of sp³-hybridized carbons (Fsp3) is 0.214. The Morgan fingerprint density at radius 2 is 1.38 bits per heavy atom. The van der Waals surface area contributed by atoms with Crippen LogP contribution in [-0.4, -0.2) is 85.4 Å². The minimum atomic E-state index is -4.90. The lowest BCUT2D eigenvalue weighted by molar-refractivity contribution is -0.435. The fourth-order valence-electron chi connectivity index (χ4n) is 4.47. The molecule has 0 amide bonds. The number of anilines is 1. The molecule has 32 heteroatoms. The second-order valence-corrected chi connectivity index (χ2v) is 17.1. The van der Waals surface area contributed by atoms with E-state index in [0.717, 1.165) is 12.1 Å². The third-order valence-electron chi connectivity index (χ3n) is 7.01. The Labute approximate surface area is 353 Å². The number of nitrogens with two attached hydrogens (primary N) is 1. The molecule has 328 valence electrons.